The van der Waals surface area contributed by atoms with Gasteiger partial charge in [0.15, 0.2) is 5.69 Å². The van der Waals surface area contributed by atoms with Gasteiger partial charge in [0.2, 0.25) is 0 Å². The Morgan fingerprint density at radius 1 is 1.59 bits per heavy atom. The molecule has 1 fully saturated rings. The number of nitrogens with zero attached hydrogens (tertiary/aromatic N) is 2. The van der Waals surface area contributed by atoms with Crippen molar-refractivity contribution in [2.75, 3.05) is 19.6 Å². The van der Waals surface area contributed by atoms with E-state index in [-0.39, 0.29) is 5.91 Å². The first-order valence-electron chi connectivity index (χ1n) is 6.12. The van der Waals surface area contributed by atoms with Gasteiger partial charge in [0.1, 0.15) is 5.76 Å². The summed E-state index contributed by atoms with van der Waals surface area (Å²) in [5.74, 6) is 0.496. The Labute approximate surface area is 101 Å². The van der Waals surface area contributed by atoms with Gasteiger partial charge in [-0.3, -0.25) is 9.69 Å². The topological polar surface area (TPSA) is 58.4 Å². The number of carbonyl (C=O) groups excluding carboxylic acids is 1. The van der Waals surface area contributed by atoms with Crippen LogP contribution in [0, 0.1) is 6.92 Å². The first kappa shape index (κ1) is 12.1. The zero-order valence-corrected chi connectivity index (χ0v) is 10.4. The summed E-state index contributed by atoms with van der Waals surface area (Å²) in [5.41, 5.74) is 0.358. The van der Waals surface area contributed by atoms with Crippen LogP contribution in [0.25, 0.3) is 0 Å². The minimum atomic E-state index is -0.159. The Kier molecular flexibility index (Phi) is 3.78. The first-order chi connectivity index (χ1) is 8.16. The molecule has 5 nitrogen and oxygen atoms in total. The highest BCUT2D eigenvalue weighted by Gasteiger charge is 2.19. The third kappa shape index (κ3) is 3.06. The molecular weight excluding hydrogens is 218 g/mol. The van der Waals surface area contributed by atoms with Crippen LogP contribution in [-0.2, 0) is 0 Å². The van der Waals surface area contributed by atoms with Gasteiger partial charge >= 0.3 is 0 Å². The Morgan fingerprint density at radius 2 is 2.29 bits per heavy atom. The number of aryl methyl sites for hydroxylation is 1. The molecule has 2 rings (SSSR count). The zero-order chi connectivity index (χ0) is 12.3. The standard InChI is InChI=1S/C12H19N3O2/c1-9(15-5-3-4-6-15)8-13-12(16)11-7-10(2)17-14-11/h7,9H,3-6,8H2,1-2H3,(H,13,16)/t9-/m0/s1. The molecule has 0 unspecified atom stereocenters. The normalized spacial score (nSPS) is 18.2. The summed E-state index contributed by atoms with van der Waals surface area (Å²) in [6, 6.07) is 2.03. The minimum Gasteiger partial charge on any atom is -0.361 e. The van der Waals surface area contributed by atoms with E-state index in [0.717, 1.165) is 13.1 Å². The second-order valence-electron chi connectivity index (χ2n) is 4.62. The molecule has 1 N–H and O–H groups in total. The van der Waals surface area contributed by atoms with E-state index in [1.54, 1.807) is 13.0 Å². The summed E-state index contributed by atoms with van der Waals surface area (Å²) in [7, 11) is 0. The smallest absolute Gasteiger partial charge is 0.273 e. The fourth-order valence-corrected chi connectivity index (χ4v) is 2.12. The van der Waals surface area contributed by atoms with E-state index in [4.69, 9.17) is 4.52 Å². The van der Waals surface area contributed by atoms with Gasteiger partial charge in [-0.1, -0.05) is 5.16 Å². The molecule has 0 saturated carbocycles. The largest absolute Gasteiger partial charge is 0.361 e. The van der Waals surface area contributed by atoms with Crippen LogP contribution in [0.15, 0.2) is 10.6 Å². The van der Waals surface area contributed by atoms with E-state index in [0.29, 0.717) is 24.0 Å². The molecule has 1 aromatic rings. The fourth-order valence-electron chi connectivity index (χ4n) is 2.12. The van der Waals surface area contributed by atoms with Crippen LogP contribution in [0.1, 0.15) is 36.0 Å². The first-order valence-corrected chi connectivity index (χ1v) is 6.12. The van der Waals surface area contributed by atoms with Crippen LogP contribution < -0.4 is 5.32 Å². The van der Waals surface area contributed by atoms with Crippen molar-refractivity contribution in [3.05, 3.63) is 17.5 Å². The van der Waals surface area contributed by atoms with Crippen LogP contribution in [0.5, 0.6) is 0 Å². The highest BCUT2D eigenvalue weighted by Crippen LogP contribution is 2.10. The molecule has 0 aromatic carbocycles. The van der Waals surface area contributed by atoms with Gasteiger partial charge < -0.3 is 9.84 Å². The van der Waals surface area contributed by atoms with Gasteiger partial charge in [-0.25, -0.2) is 0 Å². The van der Waals surface area contributed by atoms with Crippen molar-refractivity contribution < 1.29 is 9.32 Å². The number of hydrogen-bond donors (Lipinski definition) is 1. The molecule has 1 saturated heterocycles. The van der Waals surface area contributed by atoms with Gasteiger partial charge in [-0.2, -0.15) is 0 Å². The maximum absolute atomic E-state index is 11.7. The molecule has 0 aliphatic carbocycles. The number of amides is 1. The quantitative estimate of drug-likeness (QED) is 0.854. The van der Waals surface area contributed by atoms with Crippen molar-refractivity contribution in [1.29, 1.82) is 0 Å². The van der Waals surface area contributed by atoms with E-state index in [1.165, 1.54) is 12.8 Å². The molecule has 0 spiro atoms. The highest BCUT2D eigenvalue weighted by molar-refractivity contribution is 5.92. The van der Waals surface area contributed by atoms with Crippen LogP contribution >= 0.6 is 0 Å². The molecular formula is C12H19N3O2. The summed E-state index contributed by atoms with van der Waals surface area (Å²) < 4.78 is 4.87. The molecule has 1 atom stereocenters. The third-order valence-electron chi connectivity index (χ3n) is 3.18. The molecule has 17 heavy (non-hydrogen) atoms. The predicted molar refractivity (Wildman–Crippen MR) is 63.8 cm³/mol. The molecule has 1 aromatic heterocycles. The molecule has 0 radical (unpaired) electrons. The van der Waals surface area contributed by atoms with Crippen LogP contribution in [0.4, 0.5) is 0 Å². The van der Waals surface area contributed by atoms with E-state index >= 15 is 0 Å². The van der Waals surface area contributed by atoms with Crippen molar-refractivity contribution in [2.45, 2.75) is 32.7 Å². The summed E-state index contributed by atoms with van der Waals surface area (Å²) >= 11 is 0. The van der Waals surface area contributed by atoms with Crippen molar-refractivity contribution in [2.24, 2.45) is 0 Å². The minimum absolute atomic E-state index is 0.159. The zero-order valence-electron chi connectivity index (χ0n) is 10.4. The van der Waals surface area contributed by atoms with Gasteiger partial charge in [0, 0.05) is 18.7 Å². The Balaban J connectivity index is 1.79. The maximum Gasteiger partial charge on any atom is 0.273 e. The maximum atomic E-state index is 11.7. The fraction of sp³-hybridized carbons (Fsp3) is 0.667. The van der Waals surface area contributed by atoms with Crippen molar-refractivity contribution in [3.8, 4) is 0 Å². The molecule has 1 amide bonds. The Morgan fingerprint density at radius 3 is 2.88 bits per heavy atom. The Hall–Kier alpha value is -1.36. The number of hydrogen-bond acceptors (Lipinski definition) is 4. The number of nitrogens with one attached hydrogen (secondary N) is 1. The van der Waals surface area contributed by atoms with Gasteiger partial charge in [-0.05, 0) is 39.8 Å². The number of carbonyl (C=O) groups is 1. The van der Waals surface area contributed by atoms with Crippen LogP contribution in [0.3, 0.4) is 0 Å². The number of aromatic nitrogens is 1. The third-order valence-corrected chi connectivity index (χ3v) is 3.18. The second-order valence-corrected chi connectivity index (χ2v) is 4.62. The lowest BCUT2D eigenvalue weighted by molar-refractivity contribution is 0.0931. The van der Waals surface area contributed by atoms with Gasteiger partial charge in [0.05, 0.1) is 0 Å². The molecule has 1 aliphatic heterocycles. The van der Waals surface area contributed by atoms with Crippen LogP contribution in [0.2, 0.25) is 0 Å². The van der Waals surface area contributed by atoms with Crippen LogP contribution in [-0.4, -0.2) is 41.6 Å². The average Bonchev–Trinajstić information content (AvgIpc) is 2.95. The lowest BCUT2D eigenvalue weighted by Crippen LogP contribution is -2.40. The van der Waals surface area contributed by atoms with Gasteiger partial charge in [-0.15, -0.1) is 0 Å². The molecule has 5 heteroatoms. The summed E-state index contributed by atoms with van der Waals surface area (Å²) in [4.78, 5) is 14.1. The van der Waals surface area contributed by atoms with Crippen molar-refractivity contribution in [1.82, 2.24) is 15.4 Å². The average molecular weight is 237 g/mol. The molecule has 1 aliphatic rings. The lowest BCUT2D eigenvalue weighted by atomic mass is 10.3. The number of rotatable bonds is 4. The second kappa shape index (κ2) is 5.31. The highest BCUT2D eigenvalue weighted by atomic mass is 16.5. The summed E-state index contributed by atoms with van der Waals surface area (Å²) in [6.07, 6.45) is 2.53. The Bertz CT molecular complexity index is 383. The lowest BCUT2D eigenvalue weighted by Gasteiger charge is -2.23. The van der Waals surface area contributed by atoms with E-state index < -0.39 is 0 Å². The van der Waals surface area contributed by atoms with E-state index in [1.807, 2.05) is 0 Å². The van der Waals surface area contributed by atoms with Crippen molar-refractivity contribution >= 4 is 5.91 Å². The summed E-state index contributed by atoms with van der Waals surface area (Å²) in [6.45, 7) is 6.85. The van der Waals surface area contributed by atoms with E-state index in [2.05, 4.69) is 22.3 Å². The SMILES string of the molecule is Cc1cc(C(=O)NC[C@H](C)N2CCCC2)no1. The summed E-state index contributed by atoms with van der Waals surface area (Å²) in [5, 5.41) is 6.58. The monoisotopic (exact) mass is 237 g/mol. The number of likely N-dealkylation sites (tertiary alicyclic amines) is 1. The molecule has 94 valence electrons. The molecule has 2 heterocycles. The predicted octanol–water partition coefficient (Wildman–Crippen LogP) is 1.20. The molecule has 0 bridgehead atoms. The van der Waals surface area contributed by atoms with E-state index in [9.17, 15) is 4.79 Å². The van der Waals surface area contributed by atoms with Crippen molar-refractivity contribution in [3.63, 3.8) is 0 Å². The van der Waals surface area contributed by atoms with Gasteiger partial charge in [0.25, 0.3) is 5.91 Å².